The van der Waals surface area contributed by atoms with Crippen molar-refractivity contribution in [3.05, 3.63) is 60.2 Å². The highest BCUT2D eigenvalue weighted by Gasteiger charge is 2.03. The number of amides is 1. The summed E-state index contributed by atoms with van der Waals surface area (Å²) in [5.41, 5.74) is 2.07. The van der Waals surface area contributed by atoms with Gasteiger partial charge < -0.3 is 14.8 Å². The average Bonchev–Trinajstić information content (AvgIpc) is 2.56. The Morgan fingerprint density at radius 3 is 2.73 bits per heavy atom. The highest BCUT2D eigenvalue weighted by Crippen LogP contribution is 2.06. The number of benzene rings is 1. The molecule has 0 saturated carbocycles. The molecule has 0 aliphatic carbocycles. The summed E-state index contributed by atoms with van der Waals surface area (Å²) in [6, 6.07) is 9.72. The molecule has 1 unspecified atom stereocenters. The van der Waals surface area contributed by atoms with Gasteiger partial charge in [-0.1, -0.05) is 42.5 Å². The number of ether oxygens (including phenoxy) is 2. The molecular formula is C18H25NO3. The zero-order chi connectivity index (χ0) is 16.2. The van der Waals surface area contributed by atoms with Crippen LogP contribution in [0, 0.1) is 0 Å². The second-order valence-corrected chi connectivity index (χ2v) is 5.05. The Hall–Kier alpha value is -2.07. The number of allylic oxidation sites excluding steroid dienone is 1. The quantitative estimate of drug-likeness (QED) is 0.705. The molecule has 1 atom stereocenters. The Balaban J connectivity index is 2.21. The van der Waals surface area contributed by atoms with Crippen molar-refractivity contribution >= 4 is 6.09 Å². The normalized spacial score (nSPS) is 12.5. The summed E-state index contributed by atoms with van der Waals surface area (Å²) >= 11 is 0. The average molecular weight is 303 g/mol. The van der Waals surface area contributed by atoms with Gasteiger partial charge in [0.2, 0.25) is 0 Å². The summed E-state index contributed by atoms with van der Waals surface area (Å²) in [6.45, 7) is 6.42. The summed E-state index contributed by atoms with van der Waals surface area (Å²) in [5, 5.41) is 2.73. The number of hydrogen-bond acceptors (Lipinski definition) is 3. The van der Waals surface area contributed by atoms with E-state index in [0.29, 0.717) is 13.2 Å². The van der Waals surface area contributed by atoms with Crippen LogP contribution in [0.3, 0.4) is 0 Å². The SMILES string of the molecule is C=CC(CC/C=C(/C)COC(=O)NCc1ccccc1)OC. The first-order valence-corrected chi connectivity index (χ1v) is 7.41. The van der Waals surface area contributed by atoms with Crippen LogP contribution in [0.25, 0.3) is 0 Å². The molecule has 1 aromatic carbocycles. The molecule has 0 radical (unpaired) electrons. The van der Waals surface area contributed by atoms with E-state index in [9.17, 15) is 4.79 Å². The van der Waals surface area contributed by atoms with E-state index < -0.39 is 6.09 Å². The van der Waals surface area contributed by atoms with Crippen molar-refractivity contribution in [3.63, 3.8) is 0 Å². The molecular weight excluding hydrogens is 278 g/mol. The smallest absolute Gasteiger partial charge is 0.407 e. The van der Waals surface area contributed by atoms with E-state index in [-0.39, 0.29) is 6.10 Å². The number of carbonyl (C=O) groups is 1. The second-order valence-electron chi connectivity index (χ2n) is 5.05. The van der Waals surface area contributed by atoms with Crippen molar-refractivity contribution in [1.82, 2.24) is 5.32 Å². The zero-order valence-corrected chi connectivity index (χ0v) is 13.4. The van der Waals surface area contributed by atoms with Gasteiger partial charge in [0.1, 0.15) is 6.61 Å². The molecule has 1 N–H and O–H groups in total. The van der Waals surface area contributed by atoms with E-state index in [2.05, 4.69) is 18.0 Å². The number of nitrogens with one attached hydrogen (secondary N) is 1. The molecule has 120 valence electrons. The van der Waals surface area contributed by atoms with Gasteiger partial charge in [-0.2, -0.15) is 0 Å². The largest absolute Gasteiger partial charge is 0.445 e. The van der Waals surface area contributed by atoms with E-state index in [1.807, 2.05) is 37.3 Å². The van der Waals surface area contributed by atoms with Crippen LogP contribution in [0.4, 0.5) is 4.79 Å². The predicted molar refractivity (Wildman–Crippen MR) is 88.6 cm³/mol. The third kappa shape index (κ3) is 7.64. The maximum absolute atomic E-state index is 11.6. The summed E-state index contributed by atoms with van der Waals surface area (Å²) in [6.07, 6.45) is 5.25. The van der Waals surface area contributed by atoms with Crippen molar-refractivity contribution in [2.45, 2.75) is 32.4 Å². The molecule has 0 aliphatic heterocycles. The van der Waals surface area contributed by atoms with Crippen LogP contribution in [0.15, 0.2) is 54.6 Å². The minimum Gasteiger partial charge on any atom is -0.445 e. The molecule has 1 aromatic rings. The van der Waals surface area contributed by atoms with Crippen molar-refractivity contribution in [1.29, 1.82) is 0 Å². The van der Waals surface area contributed by atoms with Gasteiger partial charge in [-0.3, -0.25) is 0 Å². The molecule has 22 heavy (non-hydrogen) atoms. The molecule has 0 bridgehead atoms. The first-order valence-electron chi connectivity index (χ1n) is 7.41. The van der Waals surface area contributed by atoms with Crippen molar-refractivity contribution in [2.24, 2.45) is 0 Å². The van der Waals surface area contributed by atoms with Gasteiger partial charge in [0.25, 0.3) is 0 Å². The molecule has 0 aromatic heterocycles. The number of alkyl carbamates (subject to hydrolysis) is 1. The first kappa shape index (κ1) is 18.0. The Labute approximate surface area is 132 Å². The highest BCUT2D eigenvalue weighted by atomic mass is 16.5. The molecule has 0 spiro atoms. The highest BCUT2D eigenvalue weighted by molar-refractivity contribution is 5.67. The lowest BCUT2D eigenvalue weighted by Gasteiger charge is -2.09. The minimum absolute atomic E-state index is 0.0686. The van der Waals surface area contributed by atoms with Gasteiger partial charge in [-0.25, -0.2) is 4.79 Å². The van der Waals surface area contributed by atoms with Crippen LogP contribution >= 0.6 is 0 Å². The number of methoxy groups -OCH3 is 1. The minimum atomic E-state index is -0.405. The zero-order valence-electron chi connectivity index (χ0n) is 13.4. The van der Waals surface area contributed by atoms with Crippen LogP contribution < -0.4 is 5.32 Å². The van der Waals surface area contributed by atoms with E-state index in [4.69, 9.17) is 9.47 Å². The maximum atomic E-state index is 11.6. The van der Waals surface area contributed by atoms with Gasteiger partial charge in [0.05, 0.1) is 6.10 Å². The molecule has 1 amide bonds. The van der Waals surface area contributed by atoms with Crippen LogP contribution in [0.1, 0.15) is 25.3 Å². The topological polar surface area (TPSA) is 47.6 Å². The number of carbonyl (C=O) groups excluding carboxylic acids is 1. The molecule has 0 aliphatic rings. The molecule has 0 saturated heterocycles. The van der Waals surface area contributed by atoms with Crippen LogP contribution in [-0.2, 0) is 16.0 Å². The van der Waals surface area contributed by atoms with Gasteiger partial charge in [0, 0.05) is 13.7 Å². The first-order chi connectivity index (χ1) is 10.7. The Morgan fingerprint density at radius 1 is 1.36 bits per heavy atom. The van der Waals surface area contributed by atoms with Crippen LogP contribution in [0.5, 0.6) is 0 Å². The van der Waals surface area contributed by atoms with Crippen LogP contribution in [0.2, 0.25) is 0 Å². The van der Waals surface area contributed by atoms with E-state index in [0.717, 1.165) is 24.0 Å². The van der Waals surface area contributed by atoms with Gasteiger partial charge in [-0.15, -0.1) is 6.58 Å². The van der Waals surface area contributed by atoms with Crippen molar-refractivity contribution in [2.75, 3.05) is 13.7 Å². The lowest BCUT2D eigenvalue weighted by atomic mass is 10.1. The Kier molecular flexibility index (Phi) is 8.69. The van der Waals surface area contributed by atoms with E-state index in [1.54, 1.807) is 13.2 Å². The van der Waals surface area contributed by atoms with Gasteiger partial charge >= 0.3 is 6.09 Å². The number of hydrogen-bond donors (Lipinski definition) is 1. The summed E-state index contributed by atoms with van der Waals surface area (Å²) in [5.74, 6) is 0. The van der Waals surface area contributed by atoms with E-state index >= 15 is 0 Å². The van der Waals surface area contributed by atoms with Gasteiger partial charge in [-0.05, 0) is 30.9 Å². The summed E-state index contributed by atoms with van der Waals surface area (Å²) < 4.78 is 10.4. The summed E-state index contributed by atoms with van der Waals surface area (Å²) in [7, 11) is 1.67. The fraction of sp³-hybridized carbons (Fsp3) is 0.389. The predicted octanol–water partition coefficient (Wildman–Crippen LogP) is 3.84. The van der Waals surface area contributed by atoms with Crippen LogP contribution in [-0.4, -0.2) is 25.9 Å². The van der Waals surface area contributed by atoms with Gasteiger partial charge in [0.15, 0.2) is 0 Å². The summed E-state index contributed by atoms with van der Waals surface area (Å²) in [4.78, 5) is 11.6. The second kappa shape index (κ2) is 10.6. The maximum Gasteiger partial charge on any atom is 0.407 e. The van der Waals surface area contributed by atoms with Crippen molar-refractivity contribution in [3.8, 4) is 0 Å². The third-order valence-electron chi connectivity index (χ3n) is 3.22. The Morgan fingerprint density at radius 2 is 2.09 bits per heavy atom. The third-order valence-corrected chi connectivity index (χ3v) is 3.22. The van der Waals surface area contributed by atoms with E-state index in [1.165, 1.54) is 0 Å². The monoisotopic (exact) mass is 303 g/mol. The molecule has 1 rings (SSSR count). The van der Waals surface area contributed by atoms with Crippen molar-refractivity contribution < 1.29 is 14.3 Å². The number of rotatable bonds is 9. The molecule has 4 nitrogen and oxygen atoms in total. The molecule has 0 heterocycles. The molecule has 4 heteroatoms. The Bertz CT molecular complexity index is 482. The lowest BCUT2D eigenvalue weighted by molar-refractivity contribution is 0.134. The lowest BCUT2D eigenvalue weighted by Crippen LogP contribution is -2.24. The molecule has 0 fully saturated rings. The fourth-order valence-corrected chi connectivity index (χ4v) is 1.89. The fourth-order valence-electron chi connectivity index (χ4n) is 1.89. The standard InChI is InChI=1S/C18H25NO3/c1-4-17(21-3)12-8-9-15(2)14-22-18(20)19-13-16-10-6-5-7-11-16/h4-7,9-11,17H,1,8,12-14H2,2-3H3,(H,19,20)/b15-9-.